The SMILES string of the molecule is COC(=O)N(C)c1ccc(NC(=O)C=Cc2c(C)nn(Cc3ccc(Cl)cc3)c2Cl)cc1. The zero-order valence-electron chi connectivity index (χ0n) is 17.8. The number of benzene rings is 2. The largest absolute Gasteiger partial charge is 0.452 e. The number of hydrogen-bond acceptors (Lipinski definition) is 4. The maximum Gasteiger partial charge on any atom is 0.413 e. The van der Waals surface area contributed by atoms with Crippen LogP contribution in [0.4, 0.5) is 16.2 Å². The number of carbonyl (C=O) groups is 2. The van der Waals surface area contributed by atoms with Crippen molar-refractivity contribution in [3.05, 3.63) is 81.6 Å². The van der Waals surface area contributed by atoms with Crippen molar-refractivity contribution in [2.45, 2.75) is 13.5 Å². The van der Waals surface area contributed by atoms with Crippen LogP contribution in [0.5, 0.6) is 0 Å². The Hall–Kier alpha value is -3.29. The highest BCUT2D eigenvalue weighted by Gasteiger charge is 2.13. The van der Waals surface area contributed by atoms with Gasteiger partial charge < -0.3 is 10.1 Å². The van der Waals surface area contributed by atoms with Crippen LogP contribution in [0.2, 0.25) is 10.2 Å². The highest BCUT2D eigenvalue weighted by atomic mass is 35.5. The normalized spacial score (nSPS) is 10.9. The van der Waals surface area contributed by atoms with E-state index >= 15 is 0 Å². The van der Waals surface area contributed by atoms with Crippen LogP contribution < -0.4 is 10.2 Å². The van der Waals surface area contributed by atoms with Gasteiger partial charge in [-0.05, 0) is 55.0 Å². The Morgan fingerprint density at radius 2 is 1.78 bits per heavy atom. The van der Waals surface area contributed by atoms with Crippen molar-refractivity contribution >= 4 is 52.7 Å². The van der Waals surface area contributed by atoms with Crippen molar-refractivity contribution in [2.24, 2.45) is 0 Å². The Balaban J connectivity index is 1.66. The van der Waals surface area contributed by atoms with E-state index in [1.807, 2.05) is 31.2 Å². The number of rotatable bonds is 6. The van der Waals surface area contributed by atoms with Crippen LogP contribution in [0.1, 0.15) is 16.8 Å². The standard InChI is InChI=1S/C23H22Cl2N4O3/c1-15-20(22(25)29(27-15)14-16-4-6-17(24)7-5-16)12-13-21(30)26-18-8-10-19(11-9-18)28(2)23(31)32-3/h4-13H,14H2,1-3H3,(H,26,30). The van der Waals surface area contributed by atoms with Crippen molar-refractivity contribution in [1.82, 2.24) is 9.78 Å². The Morgan fingerprint density at radius 3 is 2.41 bits per heavy atom. The summed E-state index contributed by atoms with van der Waals surface area (Å²) in [6.45, 7) is 2.32. The molecule has 0 bridgehead atoms. The summed E-state index contributed by atoms with van der Waals surface area (Å²) >= 11 is 12.4. The number of carbonyl (C=O) groups excluding carboxylic acids is 2. The van der Waals surface area contributed by atoms with Gasteiger partial charge in [0.05, 0.1) is 19.3 Å². The molecule has 0 aliphatic carbocycles. The average molecular weight is 473 g/mol. The average Bonchev–Trinajstić information content (AvgIpc) is 3.05. The van der Waals surface area contributed by atoms with Gasteiger partial charge in [0.25, 0.3) is 0 Å². The van der Waals surface area contributed by atoms with Crippen molar-refractivity contribution < 1.29 is 14.3 Å². The molecule has 0 unspecified atom stereocenters. The number of ether oxygens (including phenoxy) is 1. The van der Waals surface area contributed by atoms with E-state index in [9.17, 15) is 9.59 Å². The maximum atomic E-state index is 12.3. The third kappa shape index (κ3) is 5.69. The van der Waals surface area contributed by atoms with Crippen molar-refractivity contribution in [1.29, 1.82) is 0 Å². The molecule has 0 saturated heterocycles. The van der Waals surface area contributed by atoms with Crippen LogP contribution in [-0.4, -0.2) is 35.9 Å². The first-order valence-corrected chi connectivity index (χ1v) is 10.4. The summed E-state index contributed by atoms with van der Waals surface area (Å²) in [6.07, 6.45) is 2.56. The third-order valence-corrected chi connectivity index (χ3v) is 5.38. The summed E-state index contributed by atoms with van der Waals surface area (Å²) in [6, 6.07) is 14.3. The number of halogens is 2. The number of aryl methyl sites for hydroxylation is 1. The van der Waals surface area contributed by atoms with Crippen LogP contribution in [0.3, 0.4) is 0 Å². The first kappa shape index (κ1) is 23.4. The lowest BCUT2D eigenvalue weighted by Crippen LogP contribution is -2.25. The fourth-order valence-corrected chi connectivity index (χ4v) is 3.40. The maximum absolute atomic E-state index is 12.3. The lowest BCUT2D eigenvalue weighted by atomic mass is 10.2. The predicted octanol–water partition coefficient (Wildman–Crippen LogP) is 5.40. The molecule has 7 nitrogen and oxygen atoms in total. The molecule has 32 heavy (non-hydrogen) atoms. The molecule has 1 N–H and O–H groups in total. The monoisotopic (exact) mass is 472 g/mol. The second-order valence-corrected chi connectivity index (χ2v) is 7.77. The van der Waals surface area contributed by atoms with E-state index in [0.29, 0.717) is 39.4 Å². The lowest BCUT2D eigenvalue weighted by molar-refractivity contribution is -0.111. The van der Waals surface area contributed by atoms with E-state index in [4.69, 9.17) is 23.2 Å². The summed E-state index contributed by atoms with van der Waals surface area (Å²) in [5.41, 5.74) is 3.62. The van der Waals surface area contributed by atoms with Crippen molar-refractivity contribution in [2.75, 3.05) is 24.4 Å². The second kappa shape index (κ2) is 10.3. The van der Waals surface area contributed by atoms with Crippen LogP contribution in [0, 0.1) is 6.92 Å². The quantitative estimate of drug-likeness (QED) is 0.487. The van der Waals surface area contributed by atoms with E-state index in [0.717, 1.165) is 5.56 Å². The number of aromatic nitrogens is 2. The summed E-state index contributed by atoms with van der Waals surface area (Å²) in [5.74, 6) is -0.319. The molecule has 1 heterocycles. The minimum atomic E-state index is -0.478. The summed E-state index contributed by atoms with van der Waals surface area (Å²) in [4.78, 5) is 25.3. The zero-order valence-corrected chi connectivity index (χ0v) is 19.3. The summed E-state index contributed by atoms with van der Waals surface area (Å²) in [5, 5.41) is 8.34. The van der Waals surface area contributed by atoms with Crippen LogP contribution in [0.15, 0.2) is 54.6 Å². The highest BCUT2D eigenvalue weighted by Crippen LogP contribution is 2.23. The number of hydrogen-bond donors (Lipinski definition) is 1. The highest BCUT2D eigenvalue weighted by molar-refractivity contribution is 6.31. The molecule has 3 rings (SSSR count). The Bertz CT molecular complexity index is 1140. The van der Waals surface area contributed by atoms with E-state index in [1.54, 1.807) is 42.1 Å². The van der Waals surface area contributed by atoms with Gasteiger partial charge in [0, 0.05) is 35.1 Å². The molecule has 0 fully saturated rings. The van der Waals surface area contributed by atoms with Crippen LogP contribution >= 0.6 is 23.2 Å². The summed E-state index contributed by atoms with van der Waals surface area (Å²) < 4.78 is 6.35. The second-order valence-electron chi connectivity index (χ2n) is 6.97. The smallest absolute Gasteiger partial charge is 0.413 e. The van der Waals surface area contributed by atoms with Gasteiger partial charge >= 0.3 is 6.09 Å². The molecule has 9 heteroatoms. The van der Waals surface area contributed by atoms with Crippen LogP contribution in [-0.2, 0) is 16.1 Å². The number of amides is 2. The molecule has 0 saturated carbocycles. The molecular weight excluding hydrogens is 451 g/mol. The summed E-state index contributed by atoms with van der Waals surface area (Å²) in [7, 11) is 2.91. The molecule has 1 aromatic heterocycles. The molecule has 2 aromatic carbocycles. The number of nitrogens with one attached hydrogen (secondary N) is 1. The molecule has 0 radical (unpaired) electrons. The van der Waals surface area contributed by atoms with Gasteiger partial charge in [0.15, 0.2) is 0 Å². The van der Waals surface area contributed by atoms with E-state index in [1.165, 1.54) is 18.1 Å². The fraction of sp³-hybridized carbons (Fsp3) is 0.174. The van der Waals surface area contributed by atoms with Gasteiger partial charge in [0.2, 0.25) is 5.91 Å². The molecule has 0 aliphatic rings. The number of anilines is 2. The Morgan fingerprint density at radius 1 is 1.12 bits per heavy atom. The number of nitrogens with zero attached hydrogens (tertiary/aromatic N) is 3. The lowest BCUT2D eigenvalue weighted by Gasteiger charge is -2.15. The van der Waals surface area contributed by atoms with Gasteiger partial charge in [0.1, 0.15) is 5.15 Å². The minimum absolute atomic E-state index is 0.319. The van der Waals surface area contributed by atoms with Gasteiger partial charge in [-0.25, -0.2) is 9.48 Å². The zero-order chi connectivity index (χ0) is 23.3. The molecule has 2 amide bonds. The molecule has 0 atom stereocenters. The van der Waals surface area contributed by atoms with Crippen molar-refractivity contribution in [3.8, 4) is 0 Å². The first-order chi connectivity index (χ1) is 15.3. The predicted molar refractivity (Wildman–Crippen MR) is 127 cm³/mol. The van der Waals surface area contributed by atoms with E-state index in [-0.39, 0.29) is 5.91 Å². The van der Waals surface area contributed by atoms with Crippen molar-refractivity contribution in [3.63, 3.8) is 0 Å². The van der Waals surface area contributed by atoms with Gasteiger partial charge in [-0.3, -0.25) is 9.69 Å². The third-order valence-electron chi connectivity index (χ3n) is 4.73. The van der Waals surface area contributed by atoms with Crippen LogP contribution in [0.25, 0.3) is 6.08 Å². The van der Waals surface area contributed by atoms with E-state index < -0.39 is 6.09 Å². The Labute approximate surface area is 196 Å². The van der Waals surface area contributed by atoms with Gasteiger partial charge in [-0.15, -0.1) is 0 Å². The fourth-order valence-electron chi connectivity index (χ4n) is 2.98. The first-order valence-electron chi connectivity index (χ1n) is 9.66. The molecule has 3 aromatic rings. The van der Waals surface area contributed by atoms with Gasteiger partial charge in [-0.1, -0.05) is 35.3 Å². The molecular formula is C23H22Cl2N4O3. The molecule has 0 spiro atoms. The topological polar surface area (TPSA) is 76.5 Å². The Kier molecular flexibility index (Phi) is 7.56. The minimum Gasteiger partial charge on any atom is -0.452 e. The van der Waals surface area contributed by atoms with Gasteiger partial charge in [-0.2, -0.15) is 5.10 Å². The molecule has 0 aliphatic heterocycles. The molecule has 166 valence electrons. The van der Waals surface area contributed by atoms with E-state index in [2.05, 4.69) is 15.2 Å². The number of methoxy groups -OCH3 is 1.